The van der Waals surface area contributed by atoms with E-state index in [0.29, 0.717) is 11.3 Å². The smallest absolute Gasteiger partial charge is 0.218 e. The van der Waals surface area contributed by atoms with E-state index in [1.165, 1.54) is 12.1 Å². The van der Waals surface area contributed by atoms with Crippen molar-refractivity contribution in [3.05, 3.63) is 23.8 Å². The van der Waals surface area contributed by atoms with Crippen LogP contribution in [0.4, 0.5) is 5.69 Å². The maximum Gasteiger partial charge on any atom is 0.218 e. The number of carbonyl (C=O) groups excluding carboxylic acids is 1. The van der Waals surface area contributed by atoms with Crippen LogP contribution in [0, 0.1) is 6.92 Å². The van der Waals surface area contributed by atoms with Crippen molar-refractivity contribution >= 4 is 21.4 Å². The molecule has 88 valence electrons. The molecule has 0 atom stereocenters. The SMILES string of the molecule is Cc1cc(N)ccc1S(=O)(=O)CCC(N)=O. The first-order chi connectivity index (χ1) is 7.33. The van der Waals surface area contributed by atoms with Crippen molar-refractivity contribution in [1.29, 1.82) is 0 Å². The summed E-state index contributed by atoms with van der Waals surface area (Å²) >= 11 is 0. The van der Waals surface area contributed by atoms with E-state index in [0.717, 1.165) is 0 Å². The van der Waals surface area contributed by atoms with Gasteiger partial charge >= 0.3 is 0 Å². The molecule has 1 aromatic carbocycles. The molecule has 4 N–H and O–H groups in total. The average Bonchev–Trinajstić information content (AvgIpc) is 2.14. The van der Waals surface area contributed by atoms with E-state index in [2.05, 4.69) is 0 Å². The van der Waals surface area contributed by atoms with Gasteiger partial charge in [0.2, 0.25) is 5.91 Å². The van der Waals surface area contributed by atoms with Crippen molar-refractivity contribution in [2.24, 2.45) is 5.73 Å². The number of hydrogen-bond acceptors (Lipinski definition) is 4. The minimum atomic E-state index is -3.46. The second kappa shape index (κ2) is 4.52. The van der Waals surface area contributed by atoms with E-state index in [9.17, 15) is 13.2 Å². The van der Waals surface area contributed by atoms with Crippen LogP contribution < -0.4 is 11.5 Å². The molecule has 1 aromatic rings. The summed E-state index contributed by atoms with van der Waals surface area (Å²) in [5, 5.41) is 0. The predicted octanol–water partition coefficient (Wildman–Crippen LogP) is 0.226. The monoisotopic (exact) mass is 242 g/mol. The fourth-order valence-corrected chi connectivity index (χ4v) is 2.88. The van der Waals surface area contributed by atoms with Gasteiger partial charge in [0.1, 0.15) is 0 Å². The summed E-state index contributed by atoms with van der Waals surface area (Å²) < 4.78 is 23.6. The maximum absolute atomic E-state index is 11.8. The number of carbonyl (C=O) groups is 1. The molecule has 0 aliphatic carbocycles. The topological polar surface area (TPSA) is 103 Å². The summed E-state index contributed by atoms with van der Waals surface area (Å²) in [6.45, 7) is 1.66. The Kier molecular flexibility index (Phi) is 3.54. The molecule has 0 aliphatic heterocycles. The Bertz CT molecular complexity index is 509. The van der Waals surface area contributed by atoms with Gasteiger partial charge in [0.15, 0.2) is 9.84 Å². The second-order valence-electron chi connectivity index (χ2n) is 3.56. The summed E-state index contributed by atoms with van der Waals surface area (Å²) in [7, 11) is -3.46. The van der Waals surface area contributed by atoms with Gasteiger partial charge in [-0.25, -0.2) is 8.42 Å². The Labute approximate surface area is 94.4 Å². The Morgan fingerprint density at radius 3 is 2.50 bits per heavy atom. The number of benzene rings is 1. The van der Waals surface area contributed by atoms with Crippen LogP contribution in [0.1, 0.15) is 12.0 Å². The Hall–Kier alpha value is -1.56. The first-order valence-corrected chi connectivity index (χ1v) is 6.35. The highest BCUT2D eigenvalue weighted by molar-refractivity contribution is 7.91. The molecular weight excluding hydrogens is 228 g/mol. The van der Waals surface area contributed by atoms with Crippen LogP contribution >= 0.6 is 0 Å². The zero-order chi connectivity index (χ0) is 12.3. The van der Waals surface area contributed by atoms with Gasteiger partial charge in [-0.1, -0.05) is 0 Å². The summed E-state index contributed by atoms with van der Waals surface area (Å²) in [6.07, 6.45) is -0.174. The van der Waals surface area contributed by atoms with E-state index < -0.39 is 15.7 Å². The van der Waals surface area contributed by atoms with Gasteiger partial charge in [-0.3, -0.25) is 4.79 Å². The molecule has 0 heterocycles. The highest BCUT2D eigenvalue weighted by atomic mass is 32.2. The molecule has 0 aromatic heterocycles. The van der Waals surface area contributed by atoms with Gasteiger partial charge in [-0.15, -0.1) is 0 Å². The number of nitrogens with two attached hydrogens (primary N) is 2. The van der Waals surface area contributed by atoms with Gasteiger partial charge in [0.25, 0.3) is 0 Å². The molecule has 1 rings (SSSR count). The molecular formula is C10H14N2O3S. The Morgan fingerprint density at radius 2 is 2.00 bits per heavy atom. The van der Waals surface area contributed by atoms with Gasteiger partial charge in [0, 0.05) is 12.1 Å². The molecule has 16 heavy (non-hydrogen) atoms. The fraction of sp³-hybridized carbons (Fsp3) is 0.300. The van der Waals surface area contributed by atoms with Crippen molar-refractivity contribution in [2.45, 2.75) is 18.2 Å². The van der Waals surface area contributed by atoms with Crippen LogP contribution in [0.3, 0.4) is 0 Å². The van der Waals surface area contributed by atoms with Crippen LogP contribution in [-0.4, -0.2) is 20.1 Å². The third-order valence-corrected chi connectivity index (χ3v) is 4.02. The average molecular weight is 242 g/mol. The molecule has 5 nitrogen and oxygen atoms in total. The fourth-order valence-electron chi connectivity index (χ4n) is 1.37. The van der Waals surface area contributed by atoms with Crippen LogP contribution in [0.5, 0.6) is 0 Å². The highest BCUT2D eigenvalue weighted by Crippen LogP contribution is 2.19. The lowest BCUT2D eigenvalue weighted by Crippen LogP contribution is -2.17. The van der Waals surface area contributed by atoms with Gasteiger partial charge < -0.3 is 11.5 Å². The van der Waals surface area contributed by atoms with Crippen molar-refractivity contribution < 1.29 is 13.2 Å². The predicted molar refractivity (Wildman–Crippen MR) is 61.5 cm³/mol. The molecule has 0 aliphatic rings. The third kappa shape index (κ3) is 2.96. The number of sulfone groups is 1. The van der Waals surface area contributed by atoms with Crippen LogP contribution in [0.15, 0.2) is 23.1 Å². The quantitative estimate of drug-likeness (QED) is 0.737. The molecule has 0 spiro atoms. The standard InChI is InChI=1S/C10H14N2O3S/c1-7-6-8(11)2-3-9(7)16(14,15)5-4-10(12)13/h2-3,6H,4-5,11H2,1H3,(H2,12,13). The minimum absolute atomic E-state index is 0.174. The normalized spacial score (nSPS) is 11.3. The van der Waals surface area contributed by atoms with Gasteiger partial charge in [0.05, 0.1) is 10.6 Å². The van der Waals surface area contributed by atoms with Crippen molar-refractivity contribution in [1.82, 2.24) is 0 Å². The molecule has 0 saturated heterocycles. The van der Waals surface area contributed by atoms with Crippen LogP contribution in [0.25, 0.3) is 0 Å². The lowest BCUT2D eigenvalue weighted by Gasteiger charge is -2.07. The lowest BCUT2D eigenvalue weighted by molar-refractivity contribution is -0.117. The zero-order valence-corrected chi connectivity index (χ0v) is 9.75. The summed E-state index contributed by atoms with van der Waals surface area (Å²) in [4.78, 5) is 10.8. The molecule has 0 unspecified atom stereocenters. The Balaban J connectivity index is 3.03. The van der Waals surface area contributed by atoms with E-state index in [1.807, 2.05) is 0 Å². The van der Waals surface area contributed by atoms with Crippen molar-refractivity contribution in [2.75, 3.05) is 11.5 Å². The van der Waals surface area contributed by atoms with Crippen molar-refractivity contribution in [3.8, 4) is 0 Å². The summed E-state index contributed by atoms with van der Waals surface area (Å²) in [5.41, 5.74) is 11.5. The first kappa shape index (κ1) is 12.5. The number of hydrogen-bond donors (Lipinski definition) is 2. The number of aryl methyl sites for hydroxylation is 1. The largest absolute Gasteiger partial charge is 0.399 e. The lowest BCUT2D eigenvalue weighted by atomic mass is 10.2. The number of anilines is 1. The van der Waals surface area contributed by atoms with E-state index in [1.54, 1.807) is 13.0 Å². The van der Waals surface area contributed by atoms with Crippen molar-refractivity contribution in [3.63, 3.8) is 0 Å². The number of nitrogen functional groups attached to an aromatic ring is 1. The third-order valence-electron chi connectivity index (χ3n) is 2.15. The second-order valence-corrected chi connectivity index (χ2v) is 5.64. The van der Waals surface area contributed by atoms with Gasteiger partial charge in [-0.2, -0.15) is 0 Å². The van der Waals surface area contributed by atoms with Crippen LogP contribution in [0.2, 0.25) is 0 Å². The maximum atomic E-state index is 11.8. The van der Waals surface area contributed by atoms with E-state index >= 15 is 0 Å². The van der Waals surface area contributed by atoms with E-state index in [-0.39, 0.29) is 17.1 Å². The number of rotatable bonds is 4. The molecule has 0 fully saturated rings. The van der Waals surface area contributed by atoms with E-state index in [4.69, 9.17) is 11.5 Å². The molecule has 0 saturated carbocycles. The zero-order valence-electron chi connectivity index (χ0n) is 8.93. The Morgan fingerprint density at radius 1 is 1.38 bits per heavy atom. The summed E-state index contributed by atoms with van der Waals surface area (Å²) in [6, 6.07) is 4.54. The number of primary amides is 1. The molecule has 0 bridgehead atoms. The van der Waals surface area contributed by atoms with Gasteiger partial charge in [-0.05, 0) is 30.7 Å². The minimum Gasteiger partial charge on any atom is -0.399 e. The van der Waals surface area contributed by atoms with Crippen LogP contribution in [-0.2, 0) is 14.6 Å². The summed E-state index contributed by atoms with van der Waals surface area (Å²) in [5.74, 6) is -0.899. The molecule has 0 radical (unpaired) electrons. The highest BCUT2D eigenvalue weighted by Gasteiger charge is 2.17. The number of amides is 1. The molecule has 6 heteroatoms. The molecule has 1 amide bonds. The first-order valence-electron chi connectivity index (χ1n) is 4.70.